The third-order valence-electron chi connectivity index (χ3n) is 15.1. The van der Waals surface area contributed by atoms with E-state index in [4.69, 9.17) is 44.6 Å². The Labute approximate surface area is 448 Å². The van der Waals surface area contributed by atoms with Crippen molar-refractivity contribution in [3.63, 3.8) is 0 Å². The highest BCUT2D eigenvalue weighted by Gasteiger charge is 2.23. The molecule has 0 bridgehead atoms. The summed E-state index contributed by atoms with van der Waals surface area (Å²) in [7, 11) is 5.00. The fourth-order valence-electron chi connectivity index (χ4n) is 11.0. The fraction of sp³-hybridized carbons (Fsp3) is 0.279. The van der Waals surface area contributed by atoms with Crippen LogP contribution in [0.5, 0.6) is 17.2 Å². The molecule has 10 aromatic rings. The Kier molecular flexibility index (Phi) is 14.1. The lowest BCUT2D eigenvalue weighted by molar-refractivity contribution is 0.146. The Morgan fingerprint density at radius 1 is 0.506 bits per heavy atom. The fourth-order valence-corrected chi connectivity index (χ4v) is 11.0. The molecule has 77 heavy (non-hydrogen) atoms. The summed E-state index contributed by atoms with van der Waals surface area (Å²) in [6, 6.07) is 46.4. The first-order chi connectivity index (χ1) is 37.9. The van der Waals surface area contributed by atoms with Gasteiger partial charge in [-0.3, -0.25) is 18.6 Å². The molecule has 0 spiro atoms. The Balaban J connectivity index is 0.799. The molecular weight excluding hydrogens is 965 g/mol. The van der Waals surface area contributed by atoms with Crippen LogP contribution in [0.2, 0.25) is 0 Å². The van der Waals surface area contributed by atoms with Crippen molar-refractivity contribution in [3.8, 4) is 17.2 Å². The number of nitrogens with two attached hydrogens (primary N) is 1. The van der Waals surface area contributed by atoms with Gasteiger partial charge in [0.2, 0.25) is 11.9 Å². The van der Waals surface area contributed by atoms with E-state index in [0.29, 0.717) is 66.1 Å². The number of imidazole rings is 2. The molecule has 2 saturated heterocycles. The molecule has 2 aliphatic rings. The van der Waals surface area contributed by atoms with Gasteiger partial charge in [-0.2, -0.15) is 0 Å². The number of nitrogens with one attached hydrogen (secondary N) is 1. The number of benzene rings is 6. The van der Waals surface area contributed by atoms with Gasteiger partial charge in [0, 0.05) is 132 Å². The number of rotatable bonds is 18. The number of para-hydroxylation sites is 2. The summed E-state index contributed by atoms with van der Waals surface area (Å²) in [6.07, 6.45) is 5.39. The standard InChI is InChI=1S/C61H64N12O4/c1-74-32-33-77-51-22-20-50(21-23-51)71-30-26-69(27-31-71)39-45-15-10-8-13-43(45)35-48-41-73-58(63-48)52-18-11-19-54(75-2)56(52)67-61(73)65-46-36-53-57(55(37-46)76-3)66-60(62)72-40-47(64-59(53)72)34-42-12-7-9-14-44(42)38-68-24-28-70(29-25-68)49-16-5-4-6-17-49/h4-23,36-37,40-41H,24-35,38-39H2,1-3H3,(H2,62,66)(H,65,67). The predicted octanol–water partition coefficient (Wildman–Crippen LogP) is 9.27. The zero-order chi connectivity index (χ0) is 52.2. The molecule has 0 unspecified atom stereocenters. The van der Waals surface area contributed by atoms with Crippen LogP contribution < -0.4 is 35.1 Å². The average Bonchev–Trinajstić information content (AvgIpc) is 4.11. The van der Waals surface area contributed by atoms with Crippen LogP contribution in [0.4, 0.5) is 29.0 Å². The van der Waals surface area contributed by atoms with Crippen molar-refractivity contribution in [2.45, 2.75) is 25.9 Å². The molecule has 2 aliphatic heterocycles. The lowest BCUT2D eigenvalue weighted by Gasteiger charge is -2.36. The number of nitrogen functional groups attached to an aromatic ring is 1. The van der Waals surface area contributed by atoms with E-state index in [2.05, 4.69) is 122 Å². The number of nitrogens with zero attached hydrogens (tertiary/aromatic N) is 10. The van der Waals surface area contributed by atoms with Crippen molar-refractivity contribution in [2.75, 3.05) is 108 Å². The third kappa shape index (κ3) is 10.5. The van der Waals surface area contributed by atoms with Gasteiger partial charge in [-0.25, -0.2) is 19.9 Å². The molecule has 0 atom stereocenters. The topological polar surface area (TPSA) is 148 Å². The van der Waals surface area contributed by atoms with Crippen LogP contribution in [0, 0.1) is 0 Å². The van der Waals surface area contributed by atoms with Gasteiger partial charge in [0.15, 0.2) is 0 Å². The number of hydrogen-bond donors (Lipinski definition) is 2. The molecule has 6 heterocycles. The van der Waals surface area contributed by atoms with E-state index in [1.54, 1.807) is 21.3 Å². The Morgan fingerprint density at radius 3 is 1.68 bits per heavy atom. The Bertz CT molecular complexity index is 3680. The van der Waals surface area contributed by atoms with Gasteiger partial charge in [-0.1, -0.05) is 72.8 Å². The van der Waals surface area contributed by atoms with E-state index in [0.717, 1.165) is 105 Å². The minimum Gasteiger partial charge on any atom is -0.494 e. The van der Waals surface area contributed by atoms with E-state index in [-0.39, 0.29) is 0 Å². The number of anilines is 5. The van der Waals surface area contributed by atoms with Gasteiger partial charge >= 0.3 is 0 Å². The van der Waals surface area contributed by atoms with Gasteiger partial charge < -0.3 is 39.8 Å². The molecule has 0 aliphatic carbocycles. The van der Waals surface area contributed by atoms with Crippen LogP contribution >= 0.6 is 0 Å². The van der Waals surface area contributed by atoms with Crippen molar-refractivity contribution in [1.29, 1.82) is 0 Å². The minimum atomic E-state index is 0.331. The van der Waals surface area contributed by atoms with E-state index in [1.807, 2.05) is 57.5 Å². The number of fused-ring (bicyclic) bond motifs is 6. The summed E-state index contributed by atoms with van der Waals surface area (Å²) in [5, 5.41) is 5.33. The zero-order valence-electron chi connectivity index (χ0n) is 43.9. The first-order valence-corrected chi connectivity index (χ1v) is 26.5. The predicted molar refractivity (Wildman–Crippen MR) is 306 cm³/mol. The Morgan fingerprint density at radius 2 is 1.06 bits per heavy atom. The van der Waals surface area contributed by atoms with Crippen LogP contribution in [0.1, 0.15) is 33.6 Å². The molecular formula is C61H64N12O4. The summed E-state index contributed by atoms with van der Waals surface area (Å²) in [4.78, 5) is 30.7. The zero-order valence-corrected chi connectivity index (χ0v) is 43.9. The highest BCUT2D eigenvalue weighted by molar-refractivity contribution is 6.00. The van der Waals surface area contributed by atoms with Crippen molar-refractivity contribution >= 4 is 62.1 Å². The highest BCUT2D eigenvalue weighted by atomic mass is 16.5. The first kappa shape index (κ1) is 49.4. The second kappa shape index (κ2) is 22.0. The number of aromatic nitrogens is 6. The normalized spacial score (nSPS) is 14.5. The maximum Gasteiger partial charge on any atom is 0.213 e. The van der Waals surface area contributed by atoms with E-state index >= 15 is 0 Å². The first-order valence-electron chi connectivity index (χ1n) is 26.5. The van der Waals surface area contributed by atoms with Crippen molar-refractivity contribution < 1.29 is 18.9 Å². The number of hydrogen-bond acceptors (Lipinski definition) is 14. The highest BCUT2D eigenvalue weighted by Crippen LogP contribution is 2.36. The van der Waals surface area contributed by atoms with Crippen molar-refractivity contribution in [3.05, 3.63) is 179 Å². The lowest BCUT2D eigenvalue weighted by atomic mass is 10.0. The largest absolute Gasteiger partial charge is 0.494 e. The van der Waals surface area contributed by atoms with Crippen LogP contribution in [0.15, 0.2) is 146 Å². The van der Waals surface area contributed by atoms with E-state index in [9.17, 15) is 0 Å². The quantitative estimate of drug-likeness (QED) is 0.0787. The molecule has 16 heteroatoms. The number of ether oxygens (including phenoxy) is 4. The minimum absolute atomic E-state index is 0.331. The van der Waals surface area contributed by atoms with Crippen molar-refractivity contribution in [1.82, 2.24) is 38.5 Å². The molecule has 12 rings (SSSR count). The van der Waals surface area contributed by atoms with E-state index in [1.165, 1.54) is 33.6 Å². The molecule has 0 amide bonds. The second-order valence-electron chi connectivity index (χ2n) is 19.9. The number of methoxy groups -OCH3 is 3. The summed E-state index contributed by atoms with van der Waals surface area (Å²) in [5.41, 5.74) is 19.6. The maximum absolute atomic E-state index is 6.71. The molecule has 4 aromatic heterocycles. The van der Waals surface area contributed by atoms with Crippen molar-refractivity contribution in [2.24, 2.45) is 0 Å². The van der Waals surface area contributed by atoms with Crippen LogP contribution in [-0.2, 0) is 30.7 Å². The summed E-state index contributed by atoms with van der Waals surface area (Å²) in [6.45, 7) is 10.7. The molecule has 6 aromatic carbocycles. The van der Waals surface area contributed by atoms with Crippen LogP contribution in [0.3, 0.4) is 0 Å². The smallest absolute Gasteiger partial charge is 0.213 e. The number of piperazine rings is 2. The lowest BCUT2D eigenvalue weighted by Crippen LogP contribution is -2.46. The third-order valence-corrected chi connectivity index (χ3v) is 15.1. The summed E-state index contributed by atoms with van der Waals surface area (Å²) >= 11 is 0. The summed E-state index contributed by atoms with van der Waals surface area (Å²) < 4.78 is 26.8. The van der Waals surface area contributed by atoms with Crippen LogP contribution in [-0.4, -0.2) is 125 Å². The SMILES string of the molecule is COCCOc1ccc(N2CCN(Cc3ccccc3Cc3cn4c(Nc5cc(OC)c6nc(N)n7cc(Cc8ccccc8CN8CCN(c9ccccc9)CC8)nc7c6c5)nc5c(OC)cccc5c4n3)CC2)cc1. The molecule has 2 fully saturated rings. The van der Waals surface area contributed by atoms with Gasteiger partial charge in [-0.05, 0) is 76.9 Å². The van der Waals surface area contributed by atoms with Gasteiger partial charge in [0.25, 0.3) is 0 Å². The van der Waals surface area contributed by atoms with Gasteiger partial charge in [-0.15, -0.1) is 0 Å². The van der Waals surface area contributed by atoms with Gasteiger partial charge in [0.05, 0.1) is 32.2 Å². The molecule has 392 valence electrons. The summed E-state index contributed by atoms with van der Waals surface area (Å²) in [5.74, 6) is 2.97. The average molecular weight is 1030 g/mol. The van der Waals surface area contributed by atoms with Crippen LogP contribution in [0.25, 0.3) is 33.1 Å². The molecule has 0 radical (unpaired) electrons. The molecule has 3 N–H and O–H groups in total. The molecule has 0 saturated carbocycles. The van der Waals surface area contributed by atoms with E-state index < -0.39 is 0 Å². The Hall–Kier alpha value is -8.44. The second-order valence-corrected chi connectivity index (χ2v) is 19.9. The van der Waals surface area contributed by atoms with Gasteiger partial charge in [0.1, 0.15) is 46.2 Å². The monoisotopic (exact) mass is 1030 g/mol. The molecule has 16 nitrogen and oxygen atoms in total. The maximum atomic E-state index is 6.71.